The lowest BCUT2D eigenvalue weighted by molar-refractivity contribution is -0.144. The van der Waals surface area contributed by atoms with Gasteiger partial charge in [0.15, 0.2) is 11.5 Å². The van der Waals surface area contributed by atoms with Gasteiger partial charge in [0.25, 0.3) is 0 Å². The van der Waals surface area contributed by atoms with Gasteiger partial charge in [0.1, 0.15) is 0 Å². The molecule has 138 valence electrons. The minimum Gasteiger partial charge on any atom is -0.493 e. The molecule has 2 rings (SSSR count). The lowest BCUT2D eigenvalue weighted by atomic mass is 10.2. The Morgan fingerprint density at radius 2 is 1.56 bits per heavy atom. The first-order chi connectivity index (χ1) is 12.0. The fraction of sp³-hybridized carbons (Fsp3) is 0.529. The van der Waals surface area contributed by atoms with Crippen molar-refractivity contribution >= 4 is 17.5 Å². The maximum absolute atomic E-state index is 12.3. The van der Waals surface area contributed by atoms with Crippen LogP contribution in [0.1, 0.15) is 6.92 Å². The van der Waals surface area contributed by atoms with Gasteiger partial charge in [-0.05, 0) is 6.54 Å². The van der Waals surface area contributed by atoms with E-state index in [-0.39, 0.29) is 0 Å². The fourth-order valence-electron chi connectivity index (χ4n) is 2.75. The molecule has 1 saturated heterocycles. The van der Waals surface area contributed by atoms with Crippen LogP contribution >= 0.6 is 0 Å². The summed E-state index contributed by atoms with van der Waals surface area (Å²) in [5.74, 6) is 0.0102. The Balaban J connectivity index is 2.08. The number of hydrogen-bond donors (Lipinski definition) is 1. The number of rotatable bonds is 5. The minimum absolute atomic E-state index is 0.403. The number of nitrogens with one attached hydrogen (secondary N) is 1. The summed E-state index contributed by atoms with van der Waals surface area (Å²) in [6, 6.07) is 3.17. The number of nitrogens with zero attached hydrogens (tertiary/aromatic N) is 2. The van der Waals surface area contributed by atoms with Gasteiger partial charge in [0.2, 0.25) is 5.75 Å². The molecule has 0 saturated carbocycles. The van der Waals surface area contributed by atoms with E-state index in [0.29, 0.717) is 36.0 Å². The van der Waals surface area contributed by atoms with Crippen LogP contribution in [0.5, 0.6) is 17.2 Å². The number of likely N-dealkylation sites (N-methyl/N-ethyl adjacent to an activating group) is 1. The number of benzene rings is 1. The Bertz CT molecular complexity index is 602. The summed E-state index contributed by atoms with van der Waals surface area (Å²) in [5.41, 5.74) is 0.403. The minimum atomic E-state index is -0.681. The Labute approximate surface area is 147 Å². The number of hydrogen-bond acceptors (Lipinski definition) is 6. The summed E-state index contributed by atoms with van der Waals surface area (Å²) in [6.07, 6.45) is 0. The highest BCUT2D eigenvalue weighted by Gasteiger charge is 2.26. The molecule has 0 aromatic heterocycles. The van der Waals surface area contributed by atoms with Gasteiger partial charge >= 0.3 is 11.8 Å². The number of carbonyl (C=O) groups excluding carboxylic acids is 2. The molecule has 1 aliphatic rings. The highest BCUT2D eigenvalue weighted by Crippen LogP contribution is 2.39. The van der Waals surface area contributed by atoms with E-state index in [4.69, 9.17) is 14.2 Å². The molecule has 1 N–H and O–H groups in total. The summed E-state index contributed by atoms with van der Waals surface area (Å²) < 4.78 is 15.7. The SMILES string of the molecule is CCN1CCN(C(=O)C(=O)Nc2cc(OC)c(OC)c(OC)c2)CC1. The molecule has 8 heteroatoms. The van der Waals surface area contributed by atoms with Crippen molar-refractivity contribution in [3.63, 3.8) is 0 Å². The van der Waals surface area contributed by atoms with Crippen molar-refractivity contribution < 1.29 is 23.8 Å². The van der Waals surface area contributed by atoms with E-state index < -0.39 is 11.8 Å². The number of methoxy groups -OCH3 is 3. The van der Waals surface area contributed by atoms with Crippen molar-refractivity contribution in [1.82, 2.24) is 9.80 Å². The van der Waals surface area contributed by atoms with Crippen molar-refractivity contribution in [1.29, 1.82) is 0 Å². The van der Waals surface area contributed by atoms with Gasteiger partial charge in [-0.3, -0.25) is 9.59 Å². The van der Waals surface area contributed by atoms with E-state index in [9.17, 15) is 9.59 Å². The standard InChI is InChI=1S/C17H25N3O5/c1-5-19-6-8-20(9-7-19)17(22)16(21)18-12-10-13(23-2)15(25-4)14(11-12)24-3/h10-11H,5-9H2,1-4H3,(H,18,21). The summed E-state index contributed by atoms with van der Waals surface area (Å²) in [5, 5.41) is 2.61. The fourth-order valence-corrected chi connectivity index (χ4v) is 2.75. The van der Waals surface area contributed by atoms with Gasteiger partial charge in [-0.1, -0.05) is 6.92 Å². The zero-order valence-corrected chi connectivity index (χ0v) is 15.1. The maximum atomic E-state index is 12.3. The summed E-state index contributed by atoms with van der Waals surface area (Å²) in [6.45, 7) is 5.68. The second-order valence-corrected chi connectivity index (χ2v) is 5.59. The zero-order valence-electron chi connectivity index (χ0n) is 15.1. The normalized spacial score (nSPS) is 14.8. The van der Waals surface area contributed by atoms with Gasteiger partial charge in [-0.25, -0.2) is 0 Å². The van der Waals surface area contributed by atoms with Crippen LogP contribution < -0.4 is 19.5 Å². The van der Waals surface area contributed by atoms with Crippen LogP contribution in [0.3, 0.4) is 0 Å². The lowest BCUT2D eigenvalue weighted by Gasteiger charge is -2.33. The van der Waals surface area contributed by atoms with E-state index in [2.05, 4.69) is 17.1 Å². The molecule has 1 aromatic rings. The topological polar surface area (TPSA) is 80.3 Å². The lowest BCUT2D eigenvalue weighted by Crippen LogP contribution is -2.51. The van der Waals surface area contributed by atoms with Crippen LogP contribution in [0, 0.1) is 0 Å². The molecular formula is C17H25N3O5. The quantitative estimate of drug-likeness (QED) is 0.791. The first kappa shape index (κ1) is 18.9. The molecule has 2 amide bonds. The highest BCUT2D eigenvalue weighted by atomic mass is 16.5. The molecule has 0 radical (unpaired) electrons. The van der Waals surface area contributed by atoms with Crippen LogP contribution in [0.15, 0.2) is 12.1 Å². The molecule has 0 spiro atoms. The van der Waals surface area contributed by atoms with Crippen LogP contribution in [0.4, 0.5) is 5.69 Å². The number of anilines is 1. The van der Waals surface area contributed by atoms with Crippen molar-refractivity contribution in [3.05, 3.63) is 12.1 Å². The first-order valence-electron chi connectivity index (χ1n) is 8.16. The Hall–Kier alpha value is -2.48. The molecule has 0 unspecified atom stereocenters. The van der Waals surface area contributed by atoms with Crippen molar-refractivity contribution in [3.8, 4) is 17.2 Å². The van der Waals surface area contributed by atoms with Gasteiger partial charge in [-0.15, -0.1) is 0 Å². The second-order valence-electron chi connectivity index (χ2n) is 5.59. The van der Waals surface area contributed by atoms with E-state index in [0.717, 1.165) is 19.6 Å². The van der Waals surface area contributed by atoms with Gasteiger partial charge in [0.05, 0.1) is 21.3 Å². The Morgan fingerprint density at radius 1 is 1.00 bits per heavy atom. The monoisotopic (exact) mass is 351 g/mol. The average molecular weight is 351 g/mol. The zero-order chi connectivity index (χ0) is 18.4. The molecule has 0 aliphatic carbocycles. The molecule has 8 nitrogen and oxygen atoms in total. The number of ether oxygens (including phenoxy) is 3. The van der Waals surface area contributed by atoms with Crippen LogP contribution in [-0.4, -0.2) is 75.7 Å². The van der Waals surface area contributed by atoms with Gasteiger partial charge in [-0.2, -0.15) is 0 Å². The summed E-state index contributed by atoms with van der Waals surface area (Å²) >= 11 is 0. The molecule has 25 heavy (non-hydrogen) atoms. The molecule has 1 aliphatic heterocycles. The second kappa shape index (κ2) is 8.57. The summed E-state index contributed by atoms with van der Waals surface area (Å²) in [7, 11) is 4.47. The van der Waals surface area contributed by atoms with Crippen LogP contribution in [-0.2, 0) is 9.59 Å². The van der Waals surface area contributed by atoms with Crippen molar-refractivity contribution in [2.75, 3.05) is 59.4 Å². The third kappa shape index (κ3) is 4.33. The summed E-state index contributed by atoms with van der Waals surface area (Å²) in [4.78, 5) is 28.4. The number of amides is 2. The molecular weight excluding hydrogens is 326 g/mol. The predicted octanol–water partition coefficient (Wildman–Crippen LogP) is 0.815. The first-order valence-corrected chi connectivity index (χ1v) is 8.16. The highest BCUT2D eigenvalue weighted by molar-refractivity contribution is 6.39. The van der Waals surface area contributed by atoms with Crippen LogP contribution in [0.2, 0.25) is 0 Å². The predicted molar refractivity (Wildman–Crippen MR) is 93.4 cm³/mol. The van der Waals surface area contributed by atoms with E-state index in [1.54, 1.807) is 17.0 Å². The van der Waals surface area contributed by atoms with E-state index >= 15 is 0 Å². The molecule has 1 heterocycles. The smallest absolute Gasteiger partial charge is 0.313 e. The third-order valence-electron chi connectivity index (χ3n) is 4.22. The Kier molecular flexibility index (Phi) is 6.46. The average Bonchev–Trinajstić information content (AvgIpc) is 2.66. The molecule has 1 aromatic carbocycles. The van der Waals surface area contributed by atoms with E-state index in [1.807, 2.05) is 0 Å². The van der Waals surface area contributed by atoms with Gasteiger partial charge < -0.3 is 29.3 Å². The number of carbonyl (C=O) groups is 2. The maximum Gasteiger partial charge on any atom is 0.313 e. The Morgan fingerprint density at radius 3 is 2.00 bits per heavy atom. The van der Waals surface area contributed by atoms with Gasteiger partial charge in [0, 0.05) is 44.0 Å². The molecule has 0 bridgehead atoms. The van der Waals surface area contributed by atoms with Crippen molar-refractivity contribution in [2.24, 2.45) is 0 Å². The van der Waals surface area contributed by atoms with E-state index in [1.165, 1.54) is 21.3 Å². The number of piperazine rings is 1. The molecule has 0 atom stereocenters. The van der Waals surface area contributed by atoms with Crippen molar-refractivity contribution in [2.45, 2.75) is 6.92 Å². The third-order valence-corrected chi connectivity index (χ3v) is 4.22. The largest absolute Gasteiger partial charge is 0.493 e. The molecule has 1 fully saturated rings. The van der Waals surface area contributed by atoms with Crippen LogP contribution in [0.25, 0.3) is 0 Å².